The van der Waals surface area contributed by atoms with Crippen molar-refractivity contribution in [3.8, 4) is 0 Å². The van der Waals surface area contributed by atoms with Gasteiger partial charge in [-0.25, -0.2) is 17.2 Å². The van der Waals surface area contributed by atoms with Crippen molar-refractivity contribution in [3.05, 3.63) is 35.4 Å². The van der Waals surface area contributed by atoms with E-state index in [0.29, 0.717) is 13.1 Å². The molecule has 0 bridgehead atoms. The van der Waals surface area contributed by atoms with Crippen molar-refractivity contribution in [1.29, 1.82) is 0 Å². The number of sulfone groups is 1. The van der Waals surface area contributed by atoms with E-state index >= 15 is 0 Å². The molecule has 2 heterocycles. The molecule has 2 aliphatic rings. The number of rotatable bonds is 4. The van der Waals surface area contributed by atoms with Crippen molar-refractivity contribution in [1.82, 2.24) is 14.7 Å². The predicted octanol–water partition coefficient (Wildman–Crippen LogP) is 0.336. The van der Waals surface area contributed by atoms with E-state index in [-0.39, 0.29) is 48.1 Å². The number of carbonyl (C=O) groups excluding carboxylic acids is 1. The first-order chi connectivity index (χ1) is 12.2. The molecular weight excluding hydrogens is 364 g/mol. The van der Waals surface area contributed by atoms with E-state index in [1.165, 1.54) is 4.90 Å². The Balaban J connectivity index is 1.80. The highest BCUT2D eigenvalue weighted by Gasteiger charge is 2.46. The molecule has 0 saturated carbocycles. The minimum absolute atomic E-state index is 0.0134. The van der Waals surface area contributed by atoms with Crippen LogP contribution < -0.4 is 0 Å². The van der Waals surface area contributed by atoms with Crippen molar-refractivity contribution < 1.29 is 22.0 Å². The van der Waals surface area contributed by atoms with Crippen molar-refractivity contribution in [3.63, 3.8) is 0 Å². The molecule has 6 nitrogen and oxygen atoms in total. The van der Waals surface area contributed by atoms with Gasteiger partial charge in [0.2, 0.25) is 5.91 Å². The van der Waals surface area contributed by atoms with Crippen LogP contribution in [0.25, 0.3) is 0 Å². The Hall–Kier alpha value is -1.58. The monoisotopic (exact) mass is 387 g/mol. The molecule has 1 aromatic carbocycles. The van der Waals surface area contributed by atoms with Gasteiger partial charge in [-0.2, -0.15) is 0 Å². The summed E-state index contributed by atoms with van der Waals surface area (Å²) in [5, 5.41) is 0. The highest BCUT2D eigenvalue weighted by molar-refractivity contribution is 7.91. The molecule has 0 unspecified atom stereocenters. The normalized spacial score (nSPS) is 25.8. The predicted molar refractivity (Wildman–Crippen MR) is 93.3 cm³/mol. The molecule has 1 aromatic rings. The fourth-order valence-corrected chi connectivity index (χ4v) is 5.73. The number of benzene rings is 1. The maximum atomic E-state index is 14.0. The SMILES string of the molecule is CN(C)C(=O)CN1CCN(Cc2cc(F)ccc2F)[C@@H]2CS(=O)(=O)C[C@@H]21. The molecule has 0 N–H and O–H groups in total. The summed E-state index contributed by atoms with van der Waals surface area (Å²) in [6.45, 7) is 1.31. The van der Waals surface area contributed by atoms with Gasteiger partial charge in [0.05, 0.1) is 18.1 Å². The van der Waals surface area contributed by atoms with Crippen LogP contribution in [0.15, 0.2) is 18.2 Å². The lowest BCUT2D eigenvalue weighted by Gasteiger charge is -2.43. The van der Waals surface area contributed by atoms with E-state index in [2.05, 4.69) is 0 Å². The van der Waals surface area contributed by atoms with Crippen LogP contribution in [0.3, 0.4) is 0 Å². The van der Waals surface area contributed by atoms with Crippen LogP contribution >= 0.6 is 0 Å². The van der Waals surface area contributed by atoms with Gasteiger partial charge in [-0.1, -0.05) is 0 Å². The minimum atomic E-state index is -3.24. The second-order valence-corrected chi connectivity index (χ2v) is 9.33. The lowest BCUT2D eigenvalue weighted by molar-refractivity contribution is -0.131. The summed E-state index contributed by atoms with van der Waals surface area (Å²) < 4.78 is 51.8. The van der Waals surface area contributed by atoms with Crippen molar-refractivity contribution in [2.75, 3.05) is 45.2 Å². The molecule has 3 rings (SSSR count). The van der Waals surface area contributed by atoms with E-state index in [1.54, 1.807) is 14.1 Å². The second-order valence-electron chi connectivity index (χ2n) is 7.18. The summed E-state index contributed by atoms with van der Waals surface area (Å²) in [6, 6.07) is 2.66. The molecule has 9 heteroatoms. The van der Waals surface area contributed by atoms with Crippen LogP contribution in [0.5, 0.6) is 0 Å². The Morgan fingerprint density at radius 1 is 1.15 bits per heavy atom. The average Bonchev–Trinajstić information content (AvgIpc) is 2.88. The molecule has 2 saturated heterocycles. The van der Waals surface area contributed by atoms with Gasteiger partial charge in [-0.15, -0.1) is 0 Å². The van der Waals surface area contributed by atoms with Crippen molar-refractivity contribution in [2.24, 2.45) is 0 Å². The zero-order chi connectivity index (χ0) is 19.1. The highest BCUT2D eigenvalue weighted by Crippen LogP contribution is 2.28. The maximum Gasteiger partial charge on any atom is 0.236 e. The minimum Gasteiger partial charge on any atom is -0.348 e. The van der Waals surface area contributed by atoms with E-state index in [0.717, 1.165) is 18.2 Å². The maximum absolute atomic E-state index is 14.0. The van der Waals surface area contributed by atoms with Crippen LogP contribution in [0.1, 0.15) is 5.56 Å². The third kappa shape index (κ3) is 4.05. The summed E-state index contributed by atoms with van der Waals surface area (Å²) in [5.74, 6) is -1.15. The molecule has 1 amide bonds. The second kappa shape index (κ2) is 7.21. The molecule has 26 heavy (non-hydrogen) atoms. The number of carbonyl (C=O) groups is 1. The van der Waals surface area contributed by atoms with E-state index < -0.39 is 21.5 Å². The average molecular weight is 387 g/mol. The third-order valence-corrected chi connectivity index (χ3v) is 6.82. The fourth-order valence-electron chi connectivity index (χ4n) is 3.69. The third-order valence-electron chi connectivity index (χ3n) is 5.12. The largest absolute Gasteiger partial charge is 0.348 e. The summed E-state index contributed by atoms with van der Waals surface area (Å²) >= 11 is 0. The molecular formula is C17H23F2N3O3S. The summed E-state index contributed by atoms with van der Waals surface area (Å²) in [6.07, 6.45) is 0. The van der Waals surface area contributed by atoms with Gasteiger partial charge < -0.3 is 4.90 Å². The molecule has 0 radical (unpaired) electrons. The van der Waals surface area contributed by atoms with Crippen molar-refractivity contribution >= 4 is 15.7 Å². The Bertz CT molecular complexity index is 800. The number of likely N-dealkylation sites (N-methyl/N-ethyl adjacent to an activating group) is 1. The number of nitrogens with zero attached hydrogens (tertiary/aromatic N) is 3. The topological polar surface area (TPSA) is 60.9 Å². The molecule has 2 atom stereocenters. The number of fused-ring (bicyclic) bond motifs is 1. The smallest absolute Gasteiger partial charge is 0.236 e. The number of halogens is 2. The molecule has 2 aliphatic heterocycles. The Morgan fingerprint density at radius 2 is 1.77 bits per heavy atom. The quantitative estimate of drug-likeness (QED) is 0.746. The van der Waals surface area contributed by atoms with E-state index in [4.69, 9.17) is 0 Å². The van der Waals surface area contributed by atoms with Crippen LogP contribution in [0.4, 0.5) is 8.78 Å². The summed E-state index contributed by atoms with van der Waals surface area (Å²) in [4.78, 5) is 17.3. The lowest BCUT2D eigenvalue weighted by Crippen LogP contribution is -2.60. The number of hydrogen-bond acceptors (Lipinski definition) is 5. The lowest BCUT2D eigenvalue weighted by atomic mass is 10.0. The Morgan fingerprint density at radius 3 is 2.42 bits per heavy atom. The standard InChI is InChI=1S/C17H23F2N3O3S/c1-20(2)17(23)9-22-6-5-21(15-10-26(24,25)11-16(15)22)8-12-7-13(18)3-4-14(12)19/h3-4,7,15-16H,5-6,8-11H2,1-2H3/t15-,16+/m1/s1. The van der Waals surface area contributed by atoms with Crippen LogP contribution in [0.2, 0.25) is 0 Å². The first kappa shape index (κ1) is 19.2. The van der Waals surface area contributed by atoms with E-state index in [1.807, 2.05) is 9.80 Å². The number of amides is 1. The van der Waals surface area contributed by atoms with E-state index in [9.17, 15) is 22.0 Å². The molecule has 2 fully saturated rings. The van der Waals surface area contributed by atoms with Gasteiger partial charge in [-0.05, 0) is 18.2 Å². The molecule has 144 valence electrons. The highest BCUT2D eigenvalue weighted by atomic mass is 32.2. The van der Waals surface area contributed by atoms with Crippen molar-refractivity contribution in [2.45, 2.75) is 18.6 Å². The number of piperazine rings is 1. The van der Waals surface area contributed by atoms with Crippen LogP contribution in [-0.2, 0) is 21.2 Å². The molecule has 0 aromatic heterocycles. The number of hydrogen-bond donors (Lipinski definition) is 0. The first-order valence-corrected chi connectivity index (χ1v) is 10.3. The summed E-state index contributed by atoms with van der Waals surface area (Å²) in [7, 11) is 0.0844. The Labute approximate surface area is 152 Å². The van der Waals surface area contributed by atoms with Gasteiger partial charge in [0.15, 0.2) is 9.84 Å². The zero-order valence-electron chi connectivity index (χ0n) is 14.9. The summed E-state index contributed by atoms with van der Waals surface area (Å²) in [5.41, 5.74) is 0.214. The van der Waals surface area contributed by atoms with Gasteiger partial charge in [0, 0.05) is 51.4 Å². The zero-order valence-corrected chi connectivity index (χ0v) is 15.7. The van der Waals surface area contributed by atoms with Gasteiger partial charge in [-0.3, -0.25) is 14.6 Å². The van der Waals surface area contributed by atoms with Gasteiger partial charge in [0.25, 0.3) is 0 Å². The fraction of sp³-hybridized carbons (Fsp3) is 0.588. The van der Waals surface area contributed by atoms with Crippen LogP contribution in [0, 0.1) is 11.6 Å². The molecule has 0 aliphatic carbocycles. The van der Waals surface area contributed by atoms with Gasteiger partial charge in [0.1, 0.15) is 11.6 Å². The van der Waals surface area contributed by atoms with Gasteiger partial charge >= 0.3 is 0 Å². The van der Waals surface area contributed by atoms with Crippen LogP contribution in [-0.4, -0.2) is 86.3 Å². The Kier molecular flexibility index (Phi) is 5.32. The first-order valence-electron chi connectivity index (χ1n) is 8.49. The molecule has 0 spiro atoms.